The standard InChI is InChI=1S/C13H15NO2/c1-9(2)10-3-5-11(6-4-10)13-12(7-15)14-8-16-13/h3-6,8-9,15H,7H2,1-2H3. The van der Waals surface area contributed by atoms with Gasteiger partial charge < -0.3 is 9.52 Å². The molecule has 3 heteroatoms. The number of rotatable bonds is 3. The summed E-state index contributed by atoms with van der Waals surface area (Å²) in [5.41, 5.74) is 2.82. The fourth-order valence-electron chi connectivity index (χ4n) is 1.64. The van der Waals surface area contributed by atoms with Crippen LogP contribution in [0.3, 0.4) is 0 Å². The van der Waals surface area contributed by atoms with Gasteiger partial charge in [-0.05, 0) is 11.5 Å². The predicted octanol–water partition coefficient (Wildman–Crippen LogP) is 2.96. The van der Waals surface area contributed by atoms with E-state index >= 15 is 0 Å². The van der Waals surface area contributed by atoms with Gasteiger partial charge in [0.2, 0.25) is 0 Å². The molecule has 0 saturated heterocycles. The van der Waals surface area contributed by atoms with Crippen LogP contribution in [0.4, 0.5) is 0 Å². The molecule has 0 spiro atoms. The molecule has 1 aromatic carbocycles. The second-order valence-corrected chi connectivity index (χ2v) is 4.06. The van der Waals surface area contributed by atoms with Crippen LogP contribution in [0.15, 0.2) is 35.1 Å². The van der Waals surface area contributed by atoms with Gasteiger partial charge in [0.1, 0.15) is 5.69 Å². The van der Waals surface area contributed by atoms with E-state index in [1.807, 2.05) is 12.1 Å². The highest BCUT2D eigenvalue weighted by Crippen LogP contribution is 2.25. The highest BCUT2D eigenvalue weighted by molar-refractivity contribution is 5.60. The molecule has 0 aliphatic rings. The molecule has 0 radical (unpaired) electrons. The third-order valence-electron chi connectivity index (χ3n) is 2.63. The molecular weight excluding hydrogens is 202 g/mol. The SMILES string of the molecule is CC(C)c1ccc(-c2ocnc2CO)cc1. The van der Waals surface area contributed by atoms with Crippen LogP contribution in [0.2, 0.25) is 0 Å². The zero-order valence-corrected chi connectivity index (χ0v) is 9.47. The summed E-state index contributed by atoms with van der Waals surface area (Å²) < 4.78 is 5.27. The summed E-state index contributed by atoms with van der Waals surface area (Å²) in [4.78, 5) is 3.95. The summed E-state index contributed by atoms with van der Waals surface area (Å²) in [6, 6.07) is 8.14. The van der Waals surface area contributed by atoms with Gasteiger partial charge in [-0.25, -0.2) is 4.98 Å². The lowest BCUT2D eigenvalue weighted by atomic mass is 10.0. The van der Waals surface area contributed by atoms with Gasteiger partial charge in [-0.2, -0.15) is 0 Å². The van der Waals surface area contributed by atoms with Crippen molar-refractivity contribution >= 4 is 0 Å². The Morgan fingerprint density at radius 3 is 2.50 bits per heavy atom. The van der Waals surface area contributed by atoms with Crippen LogP contribution >= 0.6 is 0 Å². The highest BCUT2D eigenvalue weighted by Gasteiger charge is 2.09. The lowest BCUT2D eigenvalue weighted by Gasteiger charge is -2.05. The molecule has 2 rings (SSSR count). The monoisotopic (exact) mass is 217 g/mol. The van der Waals surface area contributed by atoms with Crippen LogP contribution in [-0.2, 0) is 6.61 Å². The van der Waals surface area contributed by atoms with Crippen molar-refractivity contribution in [1.82, 2.24) is 4.98 Å². The molecule has 0 aliphatic heterocycles. The van der Waals surface area contributed by atoms with Crippen molar-refractivity contribution in [2.75, 3.05) is 0 Å². The lowest BCUT2D eigenvalue weighted by Crippen LogP contribution is -1.89. The van der Waals surface area contributed by atoms with Gasteiger partial charge in [0, 0.05) is 5.56 Å². The maximum absolute atomic E-state index is 9.09. The van der Waals surface area contributed by atoms with Crippen molar-refractivity contribution < 1.29 is 9.52 Å². The van der Waals surface area contributed by atoms with Crippen molar-refractivity contribution in [2.45, 2.75) is 26.4 Å². The first-order valence-electron chi connectivity index (χ1n) is 5.36. The average molecular weight is 217 g/mol. The van der Waals surface area contributed by atoms with E-state index in [0.29, 0.717) is 17.4 Å². The third-order valence-corrected chi connectivity index (χ3v) is 2.63. The first-order chi connectivity index (χ1) is 7.72. The van der Waals surface area contributed by atoms with Crippen molar-refractivity contribution in [3.05, 3.63) is 41.9 Å². The summed E-state index contributed by atoms with van der Waals surface area (Å²) in [7, 11) is 0. The van der Waals surface area contributed by atoms with Gasteiger partial charge in [0.05, 0.1) is 6.61 Å². The number of aliphatic hydroxyl groups excluding tert-OH is 1. The van der Waals surface area contributed by atoms with Crippen LogP contribution in [-0.4, -0.2) is 10.1 Å². The molecule has 0 atom stereocenters. The Morgan fingerprint density at radius 1 is 1.25 bits per heavy atom. The Kier molecular flexibility index (Phi) is 3.06. The van der Waals surface area contributed by atoms with E-state index < -0.39 is 0 Å². The molecule has 84 valence electrons. The molecule has 0 amide bonds. The highest BCUT2D eigenvalue weighted by atomic mass is 16.3. The molecule has 16 heavy (non-hydrogen) atoms. The Hall–Kier alpha value is -1.61. The van der Waals surface area contributed by atoms with E-state index in [-0.39, 0.29) is 6.61 Å². The van der Waals surface area contributed by atoms with E-state index in [1.54, 1.807) is 0 Å². The van der Waals surface area contributed by atoms with Crippen LogP contribution in [0.5, 0.6) is 0 Å². The van der Waals surface area contributed by atoms with Gasteiger partial charge in [-0.3, -0.25) is 0 Å². The minimum absolute atomic E-state index is 0.0994. The van der Waals surface area contributed by atoms with E-state index in [4.69, 9.17) is 9.52 Å². The molecule has 2 aromatic rings. The summed E-state index contributed by atoms with van der Waals surface area (Å²) in [5.74, 6) is 1.17. The molecule has 1 N–H and O–H groups in total. The fraction of sp³-hybridized carbons (Fsp3) is 0.308. The number of hydrogen-bond acceptors (Lipinski definition) is 3. The van der Waals surface area contributed by atoms with Gasteiger partial charge in [-0.15, -0.1) is 0 Å². The minimum atomic E-state index is -0.0994. The number of hydrogen-bond donors (Lipinski definition) is 1. The molecule has 1 aromatic heterocycles. The number of benzene rings is 1. The second kappa shape index (κ2) is 4.49. The maximum atomic E-state index is 9.09. The molecule has 1 heterocycles. The Labute approximate surface area is 94.8 Å². The zero-order valence-electron chi connectivity index (χ0n) is 9.47. The average Bonchev–Trinajstić information content (AvgIpc) is 2.77. The molecule has 0 fully saturated rings. The largest absolute Gasteiger partial charge is 0.443 e. The van der Waals surface area contributed by atoms with Crippen LogP contribution < -0.4 is 0 Å². The topological polar surface area (TPSA) is 46.3 Å². The van der Waals surface area contributed by atoms with Gasteiger partial charge >= 0.3 is 0 Å². The smallest absolute Gasteiger partial charge is 0.181 e. The number of nitrogens with zero attached hydrogens (tertiary/aromatic N) is 1. The minimum Gasteiger partial charge on any atom is -0.443 e. The van der Waals surface area contributed by atoms with Crippen molar-refractivity contribution in [2.24, 2.45) is 0 Å². The molecule has 0 unspecified atom stereocenters. The summed E-state index contributed by atoms with van der Waals surface area (Å²) in [6.45, 7) is 4.21. The maximum Gasteiger partial charge on any atom is 0.181 e. The van der Waals surface area contributed by atoms with E-state index in [1.165, 1.54) is 12.0 Å². The van der Waals surface area contributed by atoms with E-state index in [2.05, 4.69) is 31.0 Å². The Bertz CT molecular complexity index is 457. The van der Waals surface area contributed by atoms with E-state index in [9.17, 15) is 0 Å². The quantitative estimate of drug-likeness (QED) is 0.859. The lowest BCUT2D eigenvalue weighted by molar-refractivity contribution is 0.277. The van der Waals surface area contributed by atoms with E-state index in [0.717, 1.165) is 5.56 Å². The van der Waals surface area contributed by atoms with Gasteiger partial charge in [-0.1, -0.05) is 38.1 Å². The Balaban J connectivity index is 2.35. The molecule has 0 saturated carbocycles. The van der Waals surface area contributed by atoms with Crippen LogP contribution in [0.1, 0.15) is 31.0 Å². The summed E-state index contributed by atoms with van der Waals surface area (Å²) in [5, 5.41) is 9.09. The number of aromatic nitrogens is 1. The van der Waals surface area contributed by atoms with Crippen molar-refractivity contribution in [1.29, 1.82) is 0 Å². The zero-order chi connectivity index (χ0) is 11.5. The second-order valence-electron chi connectivity index (χ2n) is 4.06. The fourth-order valence-corrected chi connectivity index (χ4v) is 1.64. The van der Waals surface area contributed by atoms with Crippen molar-refractivity contribution in [3.63, 3.8) is 0 Å². The normalized spacial score (nSPS) is 11.0. The molecule has 0 aliphatic carbocycles. The Morgan fingerprint density at radius 2 is 1.94 bits per heavy atom. The molecule has 0 bridgehead atoms. The number of oxazole rings is 1. The molecule has 3 nitrogen and oxygen atoms in total. The first kappa shape index (κ1) is 10.9. The van der Waals surface area contributed by atoms with Gasteiger partial charge in [0.15, 0.2) is 12.2 Å². The van der Waals surface area contributed by atoms with Crippen LogP contribution in [0, 0.1) is 0 Å². The summed E-state index contributed by atoms with van der Waals surface area (Å²) >= 11 is 0. The van der Waals surface area contributed by atoms with Crippen molar-refractivity contribution in [3.8, 4) is 11.3 Å². The summed E-state index contributed by atoms with van der Waals surface area (Å²) in [6.07, 6.45) is 1.36. The van der Waals surface area contributed by atoms with Gasteiger partial charge in [0.25, 0.3) is 0 Å². The first-order valence-corrected chi connectivity index (χ1v) is 5.36. The number of aliphatic hydroxyl groups is 1. The molecular formula is C13H15NO2. The third kappa shape index (κ3) is 1.99. The predicted molar refractivity (Wildman–Crippen MR) is 62.0 cm³/mol. The van der Waals surface area contributed by atoms with Crippen LogP contribution in [0.25, 0.3) is 11.3 Å².